The van der Waals surface area contributed by atoms with Gasteiger partial charge in [0.15, 0.2) is 0 Å². The van der Waals surface area contributed by atoms with Crippen LogP contribution >= 0.6 is 0 Å². The van der Waals surface area contributed by atoms with Gasteiger partial charge in [0.25, 0.3) is 0 Å². The summed E-state index contributed by atoms with van der Waals surface area (Å²) in [5, 5.41) is 18.8. The Morgan fingerprint density at radius 1 is 1.37 bits per heavy atom. The third-order valence-electron chi connectivity index (χ3n) is 4.71. The van der Waals surface area contributed by atoms with E-state index in [1.54, 1.807) is 29.1 Å². The number of aromatic nitrogens is 4. The first-order valence-corrected chi connectivity index (χ1v) is 8.69. The summed E-state index contributed by atoms with van der Waals surface area (Å²) in [4.78, 5) is 29.9. The molecular formula is C17H19N7O3. The quantitative estimate of drug-likeness (QED) is 0.547. The van der Waals surface area contributed by atoms with E-state index < -0.39 is 16.2 Å². The van der Waals surface area contributed by atoms with Gasteiger partial charge in [-0.2, -0.15) is 5.10 Å². The number of nitrogens with one attached hydrogen (secondary N) is 1. The molecule has 0 aliphatic carbocycles. The number of pyridine rings is 1. The second kappa shape index (κ2) is 6.71. The molecule has 0 radical (unpaired) electrons. The summed E-state index contributed by atoms with van der Waals surface area (Å²) in [5.41, 5.74) is 0.158. The van der Waals surface area contributed by atoms with Crippen molar-refractivity contribution in [3.05, 3.63) is 57.3 Å². The van der Waals surface area contributed by atoms with Gasteiger partial charge in [0.2, 0.25) is 5.82 Å². The molecule has 4 heterocycles. The lowest BCUT2D eigenvalue weighted by Gasteiger charge is -2.33. The average Bonchev–Trinajstić information content (AvgIpc) is 3.08. The van der Waals surface area contributed by atoms with Gasteiger partial charge in [-0.15, -0.1) is 0 Å². The highest BCUT2D eigenvalue weighted by Gasteiger charge is 2.28. The summed E-state index contributed by atoms with van der Waals surface area (Å²) in [6, 6.07) is 4.97. The zero-order valence-corrected chi connectivity index (χ0v) is 14.8. The Morgan fingerprint density at radius 2 is 2.22 bits per heavy atom. The molecule has 140 valence electrons. The highest BCUT2D eigenvalue weighted by Crippen LogP contribution is 2.24. The molecule has 0 spiro atoms. The monoisotopic (exact) mass is 369 g/mol. The molecule has 1 aliphatic heterocycles. The van der Waals surface area contributed by atoms with Gasteiger partial charge in [-0.25, -0.2) is 4.98 Å². The van der Waals surface area contributed by atoms with E-state index >= 15 is 0 Å². The van der Waals surface area contributed by atoms with E-state index in [4.69, 9.17) is 0 Å². The van der Waals surface area contributed by atoms with Crippen molar-refractivity contribution in [1.29, 1.82) is 0 Å². The Balaban J connectivity index is 1.65. The number of nitro groups is 1. The van der Waals surface area contributed by atoms with Crippen LogP contribution in [-0.2, 0) is 7.05 Å². The molecule has 0 amide bonds. The van der Waals surface area contributed by atoms with E-state index in [0.717, 1.165) is 25.1 Å². The molecule has 0 aromatic carbocycles. The molecule has 1 saturated heterocycles. The van der Waals surface area contributed by atoms with Gasteiger partial charge in [-0.05, 0) is 25.0 Å². The number of hydrogen-bond acceptors (Lipinski definition) is 7. The van der Waals surface area contributed by atoms with Gasteiger partial charge in [-0.3, -0.25) is 24.0 Å². The first kappa shape index (κ1) is 17.0. The van der Waals surface area contributed by atoms with Crippen LogP contribution in [0, 0.1) is 10.1 Å². The van der Waals surface area contributed by atoms with Crippen molar-refractivity contribution in [2.45, 2.75) is 18.9 Å². The van der Waals surface area contributed by atoms with Gasteiger partial charge in [0.05, 0.1) is 16.8 Å². The summed E-state index contributed by atoms with van der Waals surface area (Å²) < 4.78 is 2.93. The largest absolute Gasteiger partial charge is 0.376 e. The van der Waals surface area contributed by atoms with E-state index in [1.807, 2.05) is 13.2 Å². The molecule has 1 aliphatic rings. The second-order valence-electron chi connectivity index (χ2n) is 6.60. The molecule has 10 nitrogen and oxygen atoms in total. The smallest absolute Gasteiger partial charge is 0.367 e. The van der Waals surface area contributed by atoms with E-state index in [0.29, 0.717) is 12.2 Å². The SMILES string of the molecule is Cn1cc(N2CCCC(Nc3nc4ccccn4c(=O)c3[N+](=O)[O-])C2)cn1. The van der Waals surface area contributed by atoms with Crippen LogP contribution < -0.4 is 15.8 Å². The Bertz CT molecular complexity index is 1060. The molecule has 0 bridgehead atoms. The van der Waals surface area contributed by atoms with Gasteiger partial charge in [0, 0.05) is 38.6 Å². The minimum Gasteiger partial charge on any atom is -0.367 e. The van der Waals surface area contributed by atoms with Gasteiger partial charge in [0.1, 0.15) is 5.65 Å². The number of hydrogen-bond donors (Lipinski definition) is 1. The van der Waals surface area contributed by atoms with Crippen LogP contribution in [0.4, 0.5) is 17.2 Å². The first-order chi connectivity index (χ1) is 13.0. The maximum atomic E-state index is 12.5. The normalized spacial score (nSPS) is 17.2. The van der Waals surface area contributed by atoms with Crippen LogP contribution in [0.25, 0.3) is 5.65 Å². The van der Waals surface area contributed by atoms with E-state index in [1.165, 1.54) is 10.6 Å². The fourth-order valence-corrected chi connectivity index (χ4v) is 3.44. The van der Waals surface area contributed by atoms with Crippen molar-refractivity contribution in [3.8, 4) is 0 Å². The number of piperidine rings is 1. The summed E-state index contributed by atoms with van der Waals surface area (Å²) in [6.45, 7) is 1.54. The van der Waals surface area contributed by atoms with Crippen LogP contribution in [0.1, 0.15) is 12.8 Å². The molecule has 1 N–H and O–H groups in total. The zero-order chi connectivity index (χ0) is 19.0. The standard InChI is InChI=1S/C17H19N7O3/c1-21-11-13(9-18-21)22-7-4-5-12(10-22)19-16-15(24(26)27)17(25)23-8-3-2-6-14(23)20-16/h2-3,6,8-9,11-12,19H,4-5,7,10H2,1H3. The van der Waals surface area contributed by atoms with Gasteiger partial charge in [-0.1, -0.05) is 6.07 Å². The van der Waals surface area contributed by atoms with E-state index in [-0.39, 0.29) is 11.9 Å². The number of nitrogens with zero attached hydrogens (tertiary/aromatic N) is 6. The second-order valence-corrected chi connectivity index (χ2v) is 6.60. The lowest BCUT2D eigenvalue weighted by molar-refractivity contribution is -0.385. The molecule has 1 fully saturated rings. The third kappa shape index (κ3) is 3.21. The predicted octanol–water partition coefficient (Wildman–Crippen LogP) is 1.42. The average molecular weight is 369 g/mol. The van der Waals surface area contributed by atoms with Crippen molar-refractivity contribution in [2.75, 3.05) is 23.3 Å². The maximum Gasteiger partial charge on any atom is 0.376 e. The Labute approximate surface area is 154 Å². The Kier molecular flexibility index (Phi) is 4.22. The molecule has 10 heteroatoms. The lowest BCUT2D eigenvalue weighted by Crippen LogP contribution is -2.42. The van der Waals surface area contributed by atoms with Crippen molar-refractivity contribution < 1.29 is 4.92 Å². The molecular weight excluding hydrogens is 350 g/mol. The van der Waals surface area contributed by atoms with Crippen molar-refractivity contribution >= 4 is 22.8 Å². The molecule has 27 heavy (non-hydrogen) atoms. The van der Waals surface area contributed by atoms with Crippen LogP contribution in [0.5, 0.6) is 0 Å². The number of aryl methyl sites for hydroxylation is 1. The van der Waals surface area contributed by atoms with Crippen LogP contribution in [0.15, 0.2) is 41.6 Å². The molecule has 3 aromatic rings. The molecule has 3 aromatic heterocycles. The van der Waals surface area contributed by atoms with Crippen LogP contribution in [-0.4, -0.2) is 43.2 Å². The molecule has 1 atom stereocenters. The minimum atomic E-state index is -0.687. The maximum absolute atomic E-state index is 12.5. The van der Waals surface area contributed by atoms with E-state index in [2.05, 4.69) is 20.3 Å². The fraction of sp³-hybridized carbons (Fsp3) is 0.353. The van der Waals surface area contributed by atoms with Crippen molar-refractivity contribution in [1.82, 2.24) is 19.2 Å². The Hall–Kier alpha value is -3.43. The Morgan fingerprint density at radius 3 is 2.96 bits per heavy atom. The summed E-state index contributed by atoms with van der Waals surface area (Å²) in [5.74, 6) is 0.0224. The highest BCUT2D eigenvalue weighted by molar-refractivity contribution is 5.60. The van der Waals surface area contributed by atoms with Crippen molar-refractivity contribution in [3.63, 3.8) is 0 Å². The first-order valence-electron chi connectivity index (χ1n) is 8.69. The van der Waals surface area contributed by atoms with E-state index in [9.17, 15) is 14.9 Å². The number of fused-ring (bicyclic) bond motifs is 1. The van der Waals surface area contributed by atoms with Crippen LogP contribution in [0.3, 0.4) is 0 Å². The minimum absolute atomic E-state index is 0.0224. The third-order valence-corrected chi connectivity index (χ3v) is 4.71. The fourth-order valence-electron chi connectivity index (χ4n) is 3.44. The van der Waals surface area contributed by atoms with Crippen LogP contribution in [0.2, 0.25) is 0 Å². The topological polar surface area (TPSA) is 111 Å². The summed E-state index contributed by atoms with van der Waals surface area (Å²) in [7, 11) is 1.86. The number of anilines is 2. The molecule has 1 unspecified atom stereocenters. The van der Waals surface area contributed by atoms with Crippen molar-refractivity contribution in [2.24, 2.45) is 7.05 Å². The number of rotatable bonds is 4. The highest BCUT2D eigenvalue weighted by atomic mass is 16.6. The predicted molar refractivity (Wildman–Crippen MR) is 100 cm³/mol. The van der Waals surface area contributed by atoms with Gasteiger partial charge >= 0.3 is 11.2 Å². The molecule has 0 saturated carbocycles. The van der Waals surface area contributed by atoms with Gasteiger partial charge < -0.3 is 10.2 Å². The lowest BCUT2D eigenvalue weighted by atomic mass is 10.1. The zero-order valence-electron chi connectivity index (χ0n) is 14.8. The summed E-state index contributed by atoms with van der Waals surface area (Å²) in [6.07, 6.45) is 6.97. The summed E-state index contributed by atoms with van der Waals surface area (Å²) >= 11 is 0. The molecule has 4 rings (SSSR count).